The predicted octanol–water partition coefficient (Wildman–Crippen LogP) is 1.89. The molecule has 0 spiro atoms. The molecule has 0 N–H and O–H groups in total. The van der Waals surface area contributed by atoms with E-state index in [0.29, 0.717) is 37.6 Å². The number of carbonyl (C=O) groups excluding carboxylic acids is 1. The van der Waals surface area contributed by atoms with Crippen LogP contribution in [0, 0.1) is 17.8 Å². The Morgan fingerprint density at radius 2 is 2.11 bits per heavy atom. The first-order valence-corrected chi connectivity index (χ1v) is 6.85. The number of allylic oxidation sites excluding steroid dienone is 2. The van der Waals surface area contributed by atoms with Crippen LogP contribution in [0.25, 0.3) is 0 Å². The van der Waals surface area contributed by atoms with Gasteiger partial charge in [0.1, 0.15) is 0 Å². The molecule has 100 valence electrons. The number of ether oxygens (including phenoxy) is 3. The predicted molar refractivity (Wildman–Crippen MR) is 64.7 cm³/mol. The number of hydrogen-bond donors (Lipinski definition) is 0. The van der Waals surface area contributed by atoms with Gasteiger partial charge in [-0.2, -0.15) is 0 Å². The Morgan fingerprint density at radius 1 is 1.33 bits per heavy atom. The summed E-state index contributed by atoms with van der Waals surface area (Å²) >= 11 is 0. The first-order chi connectivity index (χ1) is 8.73. The lowest BCUT2D eigenvalue weighted by molar-refractivity contribution is -0.212. The lowest BCUT2D eigenvalue weighted by Gasteiger charge is -2.36. The van der Waals surface area contributed by atoms with Crippen LogP contribution >= 0.6 is 0 Å². The van der Waals surface area contributed by atoms with Gasteiger partial charge in [-0.25, -0.2) is 0 Å². The molecule has 3 atom stereocenters. The van der Waals surface area contributed by atoms with Gasteiger partial charge in [-0.15, -0.1) is 0 Å². The minimum absolute atomic E-state index is 0.217. The Bertz CT molecular complexity index is 357. The van der Waals surface area contributed by atoms with Crippen molar-refractivity contribution >= 4 is 5.97 Å². The third-order valence-corrected chi connectivity index (χ3v) is 4.32. The molecule has 4 nitrogen and oxygen atoms in total. The van der Waals surface area contributed by atoms with Crippen molar-refractivity contribution in [3.05, 3.63) is 12.2 Å². The molecule has 1 aliphatic heterocycles. The number of carbonyl (C=O) groups is 1. The van der Waals surface area contributed by atoms with Crippen molar-refractivity contribution in [3.63, 3.8) is 0 Å². The average Bonchev–Trinajstić information content (AvgIpc) is 3.04. The maximum Gasteiger partial charge on any atom is 0.311 e. The SMILES string of the molecule is CCOC(=O)CC1([C@@H]2C[C@@H]3C=C[C@H]2C3)OCCO1. The summed E-state index contributed by atoms with van der Waals surface area (Å²) in [4.78, 5) is 11.8. The van der Waals surface area contributed by atoms with Crippen LogP contribution in [-0.4, -0.2) is 31.6 Å². The Labute approximate surface area is 107 Å². The number of esters is 1. The highest BCUT2D eigenvalue weighted by Gasteiger charge is 2.53. The van der Waals surface area contributed by atoms with Gasteiger partial charge in [0.15, 0.2) is 5.79 Å². The molecular weight excluding hydrogens is 232 g/mol. The fourth-order valence-electron chi connectivity index (χ4n) is 3.62. The van der Waals surface area contributed by atoms with Crippen molar-refractivity contribution in [2.75, 3.05) is 19.8 Å². The van der Waals surface area contributed by atoms with Gasteiger partial charge in [-0.05, 0) is 31.6 Å². The summed E-state index contributed by atoms with van der Waals surface area (Å²) in [6.45, 7) is 3.39. The summed E-state index contributed by atoms with van der Waals surface area (Å²) < 4.78 is 16.7. The van der Waals surface area contributed by atoms with Crippen molar-refractivity contribution in [2.45, 2.75) is 32.0 Å². The molecule has 4 heteroatoms. The van der Waals surface area contributed by atoms with E-state index in [0.717, 1.165) is 6.42 Å². The first kappa shape index (κ1) is 12.2. The second-order valence-corrected chi connectivity index (χ2v) is 5.38. The van der Waals surface area contributed by atoms with Gasteiger partial charge in [0.2, 0.25) is 0 Å². The van der Waals surface area contributed by atoms with Crippen molar-refractivity contribution in [3.8, 4) is 0 Å². The van der Waals surface area contributed by atoms with E-state index in [9.17, 15) is 4.79 Å². The standard InChI is InChI=1S/C14H20O4/c1-2-16-13(15)9-14(17-5-6-18-14)12-8-10-3-4-11(12)7-10/h3-4,10-12H,2,5-9H2,1H3/t10-,11+,12-/m1/s1. The van der Waals surface area contributed by atoms with Gasteiger partial charge in [-0.3, -0.25) is 4.79 Å². The molecule has 0 radical (unpaired) electrons. The zero-order valence-corrected chi connectivity index (χ0v) is 10.8. The molecule has 1 saturated carbocycles. The van der Waals surface area contributed by atoms with Crippen LogP contribution in [0.15, 0.2) is 12.2 Å². The van der Waals surface area contributed by atoms with E-state index in [1.165, 1.54) is 6.42 Å². The second kappa shape index (κ2) is 4.67. The summed E-state index contributed by atoms with van der Waals surface area (Å²) in [6.07, 6.45) is 7.02. The average molecular weight is 252 g/mol. The van der Waals surface area contributed by atoms with Crippen LogP contribution in [0.2, 0.25) is 0 Å². The molecule has 3 aliphatic rings. The van der Waals surface area contributed by atoms with Crippen LogP contribution < -0.4 is 0 Å². The van der Waals surface area contributed by atoms with E-state index < -0.39 is 5.79 Å². The molecule has 1 heterocycles. The minimum Gasteiger partial charge on any atom is -0.466 e. The van der Waals surface area contributed by atoms with Gasteiger partial charge in [-0.1, -0.05) is 12.2 Å². The van der Waals surface area contributed by atoms with Crippen LogP contribution in [0.5, 0.6) is 0 Å². The molecule has 18 heavy (non-hydrogen) atoms. The minimum atomic E-state index is -0.726. The van der Waals surface area contributed by atoms with Gasteiger partial charge >= 0.3 is 5.97 Å². The van der Waals surface area contributed by atoms with E-state index in [1.807, 2.05) is 6.92 Å². The van der Waals surface area contributed by atoms with E-state index in [-0.39, 0.29) is 12.4 Å². The van der Waals surface area contributed by atoms with Gasteiger partial charge in [0, 0.05) is 5.92 Å². The Morgan fingerprint density at radius 3 is 2.67 bits per heavy atom. The third-order valence-electron chi connectivity index (χ3n) is 4.32. The van der Waals surface area contributed by atoms with Crippen LogP contribution in [-0.2, 0) is 19.0 Å². The van der Waals surface area contributed by atoms with Crippen LogP contribution in [0.3, 0.4) is 0 Å². The van der Waals surface area contributed by atoms with Crippen LogP contribution in [0.4, 0.5) is 0 Å². The lowest BCUT2D eigenvalue weighted by atomic mass is 9.84. The Balaban J connectivity index is 1.75. The van der Waals surface area contributed by atoms with Crippen molar-refractivity contribution in [1.82, 2.24) is 0 Å². The molecule has 1 saturated heterocycles. The zero-order chi connectivity index (χ0) is 12.6. The van der Waals surface area contributed by atoms with Crippen molar-refractivity contribution in [1.29, 1.82) is 0 Å². The fourth-order valence-corrected chi connectivity index (χ4v) is 3.62. The molecule has 0 aromatic carbocycles. The topological polar surface area (TPSA) is 44.8 Å². The molecule has 0 aromatic heterocycles. The summed E-state index contributed by atoms with van der Waals surface area (Å²) in [6, 6.07) is 0. The molecule has 2 aliphatic carbocycles. The summed E-state index contributed by atoms with van der Waals surface area (Å²) in [5.74, 6) is 0.510. The van der Waals surface area contributed by atoms with Crippen molar-refractivity contribution in [2.24, 2.45) is 17.8 Å². The third kappa shape index (κ3) is 1.97. The Kier molecular flexibility index (Phi) is 3.16. The number of fused-ring (bicyclic) bond motifs is 2. The molecule has 3 rings (SSSR count). The summed E-state index contributed by atoms with van der Waals surface area (Å²) in [5.41, 5.74) is 0. The van der Waals surface area contributed by atoms with E-state index in [4.69, 9.17) is 14.2 Å². The lowest BCUT2D eigenvalue weighted by Crippen LogP contribution is -2.43. The number of rotatable bonds is 4. The normalized spacial score (nSPS) is 36.2. The van der Waals surface area contributed by atoms with E-state index in [1.54, 1.807) is 0 Å². The molecule has 2 bridgehead atoms. The highest BCUT2D eigenvalue weighted by Crippen LogP contribution is 2.51. The number of hydrogen-bond acceptors (Lipinski definition) is 4. The monoisotopic (exact) mass is 252 g/mol. The molecule has 2 fully saturated rings. The van der Waals surface area contributed by atoms with E-state index in [2.05, 4.69) is 12.2 Å². The van der Waals surface area contributed by atoms with Gasteiger partial charge in [0.25, 0.3) is 0 Å². The van der Waals surface area contributed by atoms with E-state index >= 15 is 0 Å². The maximum atomic E-state index is 11.8. The van der Waals surface area contributed by atoms with Crippen molar-refractivity contribution < 1.29 is 19.0 Å². The quantitative estimate of drug-likeness (QED) is 0.566. The van der Waals surface area contributed by atoms with Gasteiger partial charge in [0.05, 0.1) is 26.2 Å². The first-order valence-electron chi connectivity index (χ1n) is 6.85. The maximum absolute atomic E-state index is 11.8. The smallest absolute Gasteiger partial charge is 0.311 e. The highest BCUT2D eigenvalue weighted by atomic mass is 16.7. The highest BCUT2D eigenvalue weighted by molar-refractivity contribution is 5.70. The largest absolute Gasteiger partial charge is 0.466 e. The summed E-state index contributed by atoms with van der Waals surface area (Å²) in [5, 5.41) is 0. The fraction of sp³-hybridized carbons (Fsp3) is 0.786. The molecule has 0 amide bonds. The second-order valence-electron chi connectivity index (χ2n) is 5.38. The van der Waals surface area contributed by atoms with Gasteiger partial charge < -0.3 is 14.2 Å². The molecule has 0 unspecified atom stereocenters. The Hall–Kier alpha value is -0.870. The zero-order valence-electron chi connectivity index (χ0n) is 10.8. The molecule has 0 aromatic rings. The molecular formula is C14H20O4. The summed E-state index contributed by atoms with van der Waals surface area (Å²) in [7, 11) is 0. The van der Waals surface area contributed by atoms with Crippen LogP contribution in [0.1, 0.15) is 26.2 Å².